The molecule has 0 bridgehead atoms. The molecule has 2 aromatic carbocycles. The topological polar surface area (TPSA) is 35.6 Å². The minimum Gasteiger partial charge on any atom is -0.374 e. The molecule has 1 heterocycles. The van der Waals surface area contributed by atoms with Gasteiger partial charge in [-0.25, -0.2) is 0 Å². The number of aryl methyl sites for hydroxylation is 1. The number of hydrogen-bond acceptors (Lipinski definition) is 3. The van der Waals surface area contributed by atoms with E-state index in [1.54, 1.807) is 0 Å². The van der Waals surface area contributed by atoms with Crippen molar-refractivity contribution in [2.45, 2.75) is 26.4 Å². The Hall–Kier alpha value is -2.33. The van der Waals surface area contributed by atoms with Crippen molar-refractivity contribution >= 4 is 11.6 Å². The smallest absolute Gasteiger partial charge is 0.244 e. The van der Waals surface area contributed by atoms with E-state index in [1.807, 2.05) is 30.0 Å². The molecule has 0 aromatic heterocycles. The maximum atomic E-state index is 12.7. The summed E-state index contributed by atoms with van der Waals surface area (Å²) < 4.78 is 0. The van der Waals surface area contributed by atoms with E-state index < -0.39 is 0 Å². The highest BCUT2D eigenvalue weighted by Gasteiger charge is 2.24. The summed E-state index contributed by atoms with van der Waals surface area (Å²) in [7, 11) is 0. The second kappa shape index (κ2) is 8.17. The summed E-state index contributed by atoms with van der Waals surface area (Å²) in [5, 5.41) is 3.31. The second-order valence-corrected chi connectivity index (χ2v) is 6.82. The van der Waals surface area contributed by atoms with Gasteiger partial charge in [0.1, 0.15) is 6.04 Å². The number of piperazine rings is 1. The molecule has 0 spiro atoms. The number of carbonyl (C=O) groups is 1. The Kier molecular flexibility index (Phi) is 5.71. The maximum Gasteiger partial charge on any atom is 0.244 e. The monoisotopic (exact) mass is 337 g/mol. The molecule has 1 aliphatic heterocycles. The molecule has 1 fully saturated rings. The number of amides is 1. The predicted octanol–water partition coefficient (Wildman–Crippen LogP) is 3.14. The van der Waals surface area contributed by atoms with Crippen LogP contribution in [0, 0.1) is 6.92 Å². The molecule has 0 unspecified atom stereocenters. The van der Waals surface area contributed by atoms with Crippen LogP contribution in [0.4, 0.5) is 5.69 Å². The fourth-order valence-corrected chi connectivity index (χ4v) is 3.20. The average Bonchev–Trinajstić information content (AvgIpc) is 2.64. The highest BCUT2D eigenvalue weighted by molar-refractivity contribution is 5.84. The summed E-state index contributed by atoms with van der Waals surface area (Å²) in [5.41, 5.74) is 3.55. The van der Waals surface area contributed by atoms with Gasteiger partial charge in [-0.1, -0.05) is 48.0 Å². The lowest BCUT2D eigenvalue weighted by Crippen LogP contribution is -2.51. The van der Waals surface area contributed by atoms with Crippen molar-refractivity contribution in [2.24, 2.45) is 0 Å². The second-order valence-electron chi connectivity index (χ2n) is 6.82. The van der Waals surface area contributed by atoms with Crippen LogP contribution in [0.5, 0.6) is 0 Å². The molecule has 1 N–H and O–H groups in total. The van der Waals surface area contributed by atoms with Crippen molar-refractivity contribution in [1.29, 1.82) is 0 Å². The largest absolute Gasteiger partial charge is 0.374 e. The molecule has 1 amide bonds. The zero-order valence-corrected chi connectivity index (χ0v) is 15.1. The lowest BCUT2D eigenvalue weighted by atomic mass is 10.1. The first-order chi connectivity index (χ1) is 12.1. The summed E-state index contributed by atoms with van der Waals surface area (Å²) in [6, 6.07) is 18.5. The highest BCUT2D eigenvalue weighted by Crippen LogP contribution is 2.13. The third-order valence-corrected chi connectivity index (χ3v) is 4.74. The molecule has 0 radical (unpaired) electrons. The van der Waals surface area contributed by atoms with Crippen molar-refractivity contribution in [3.8, 4) is 0 Å². The molecule has 4 heteroatoms. The molecule has 3 rings (SSSR count). The van der Waals surface area contributed by atoms with E-state index >= 15 is 0 Å². The number of anilines is 1. The average molecular weight is 337 g/mol. The molecule has 0 saturated carbocycles. The van der Waals surface area contributed by atoms with Crippen molar-refractivity contribution in [2.75, 3.05) is 31.5 Å². The third kappa shape index (κ3) is 4.83. The van der Waals surface area contributed by atoms with Crippen molar-refractivity contribution in [1.82, 2.24) is 9.80 Å². The molecule has 132 valence electrons. The van der Waals surface area contributed by atoms with Gasteiger partial charge in [0.05, 0.1) is 0 Å². The van der Waals surface area contributed by atoms with Crippen LogP contribution in [0.3, 0.4) is 0 Å². The molecule has 25 heavy (non-hydrogen) atoms. The van der Waals surface area contributed by atoms with Gasteiger partial charge >= 0.3 is 0 Å². The molecular weight excluding hydrogens is 310 g/mol. The first-order valence-electron chi connectivity index (χ1n) is 9.00. The zero-order valence-electron chi connectivity index (χ0n) is 15.1. The van der Waals surface area contributed by atoms with Crippen LogP contribution < -0.4 is 5.32 Å². The number of rotatable bonds is 5. The lowest BCUT2D eigenvalue weighted by Gasteiger charge is -2.36. The third-order valence-electron chi connectivity index (χ3n) is 4.74. The van der Waals surface area contributed by atoms with Gasteiger partial charge in [-0.2, -0.15) is 0 Å². The quantitative estimate of drug-likeness (QED) is 0.910. The number of benzene rings is 2. The molecule has 2 aromatic rings. The first kappa shape index (κ1) is 17.5. The summed E-state index contributed by atoms with van der Waals surface area (Å²) >= 11 is 0. The maximum absolute atomic E-state index is 12.7. The van der Waals surface area contributed by atoms with Crippen LogP contribution >= 0.6 is 0 Å². The first-order valence-corrected chi connectivity index (χ1v) is 9.00. The van der Waals surface area contributed by atoms with Crippen molar-refractivity contribution in [3.05, 3.63) is 65.7 Å². The molecule has 0 aliphatic carbocycles. The molecule has 1 atom stereocenters. The number of carbonyl (C=O) groups excluding carboxylic acids is 1. The Morgan fingerprint density at radius 1 is 1.00 bits per heavy atom. The molecule has 1 saturated heterocycles. The summed E-state index contributed by atoms with van der Waals surface area (Å²) in [6.07, 6.45) is 0. The van der Waals surface area contributed by atoms with E-state index in [1.165, 1.54) is 11.1 Å². The van der Waals surface area contributed by atoms with Gasteiger partial charge in [0, 0.05) is 38.4 Å². The fraction of sp³-hybridized carbons (Fsp3) is 0.381. The number of nitrogens with zero attached hydrogens (tertiary/aromatic N) is 2. The molecule has 4 nitrogen and oxygen atoms in total. The normalized spacial score (nSPS) is 16.5. The van der Waals surface area contributed by atoms with Crippen LogP contribution in [-0.2, 0) is 11.3 Å². The zero-order chi connectivity index (χ0) is 17.6. The summed E-state index contributed by atoms with van der Waals surface area (Å²) in [6.45, 7) is 8.42. The van der Waals surface area contributed by atoms with Gasteiger partial charge in [-0.05, 0) is 31.5 Å². The van der Waals surface area contributed by atoms with E-state index in [4.69, 9.17) is 0 Å². The van der Waals surface area contributed by atoms with Gasteiger partial charge in [0.15, 0.2) is 0 Å². The van der Waals surface area contributed by atoms with Gasteiger partial charge < -0.3 is 10.2 Å². The van der Waals surface area contributed by atoms with Gasteiger partial charge in [0.2, 0.25) is 5.91 Å². The van der Waals surface area contributed by atoms with Gasteiger partial charge in [-0.3, -0.25) is 9.69 Å². The molecular formula is C21H27N3O. The van der Waals surface area contributed by atoms with Crippen LogP contribution in [-0.4, -0.2) is 47.9 Å². The van der Waals surface area contributed by atoms with Crippen LogP contribution in [0.25, 0.3) is 0 Å². The van der Waals surface area contributed by atoms with E-state index in [-0.39, 0.29) is 11.9 Å². The lowest BCUT2D eigenvalue weighted by molar-refractivity contribution is -0.133. The fourth-order valence-electron chi connectivity index (χ4n) is 3.20. The van der Waals surface area contributed by atoms with E-state index in [9.17, 15) is 4.79 Å². The Morgan fingerprint density at radius 2 is 1.64 bits per heavy atom. The van der Waals surface area contributed by atoms with E-state index in [0.717, 1.165) is 38.4 Å². The standard InChI is InChI=1S/C21H27N3O/c1-17-8-10-20(11-9-17)22-18(2)21(25)24-14-12-23(13-15-24)16-19-6-4-3-5-7-19/h3-11,18,22H,12-16H2,1-2H3/t18-/m1/s1. The SMILES string of the molecule is Cc1ccc(N[C@H](C)C(=O)N2CCN(Cc3ccccc3)CC2)cc1. The summed E-state index contributed by atoms with van der Waals surface area (Å²) in [4.78, 5) is 17.1. The minimum atomic E-state index is -0.205. The Labute approximate surface area is 150 Å². The van der Waals surface area contributed by atoms with Gasteiger partial charge in [0.25, 0.3) is 0 Å². The van der Waals surface area contributed by atoms with E-state index in [0.29, 0.717) is 0 Å². The van der Waals surface area contributed by atoms with Crippen LogP contribution in [0.2, 0.25) is 0 Å². The number of nitrogens with one attached hydrogen (secondary N) is 1. The van der Waals surface area contributed by atoms with Crippen molar-refractivity contribution < 1.29 is 4.79 Å². The molecule has 1 aliphatic rings. The van der Waals surface area contributed by atoms with E-state index in [2.05, 4.69) is 53.5 Å². The van der Waals surface area contributed by atoms with Crippen LogP contribution in [0.1, 0.15) is 18.1 Å². The minimum absolute atomic E-state index is 0.180. The predicted molar refractivity (Wildman–Crippen MR) is 103 cm³/mol. The van der Waals surface area contributed by atoms with Crippen molar-refractivity contribution in [3.63, 3.8) is 0 Å². The summed E-state index contributed by atoms with van der Waals surface area (Å²) in [5.74, 6) is 0.180. The Balaban J connectivity index is 1.48. The Morgan fingerprint density at radius 3 is 2.28 bits per heavy atom. The van der Waals surface area contributed by atoms with Crippen LogP contribution in [0.15, 0.2) is 54.6 Å². The highest BCUT2D eigenvalue weighted by atomic mass is 16.2. The van der Waals surface area contributed by atoms with Gasteiger partial charge in [-0.15, -0.1) is 0 Å². The number of hydrogen-bond donors (Lipinski definition) is 1. The Bertz CT molecular complexity index is 676.